The zero-order valence-electron chi connectivity index (χ0n) is 22.9. The highest BCUT2D eigenvalue weighted by molar-refractivity contribution is 7.17. The highest BCUT2D eigenvalue weighted by Gasteiger charge is 2.27. The number of carbonyl (C=O) groups is 1. The lowest BCUT2D eigenvalue weighted by Crippen LogP contribution is -2.47. The van der Waals surface area contributed by atoms with E-state index in [1.54, 1.807) is 76.0 Å². The number of nitrogens with zero attached hydrogens (tertiary/aromatic N) is 1. The van der Waals surface area contributed by atoms with Gasteiger partial charge in [0.1, 0.15) is 11.5 Å². The van der Waals surface area contributed by atoms with Crippen LogP contribution >= 0.6 is 11.3 Å². The molecule has 2 aromatic heterocycles. The molecule has 0 saturated carbocycles. The highest BCUT2D eigenvalue weighted by atomic mass is 32.1. The van der Waals surface area contributed by atoms with Crippen LogP contribution < -0.4 is 24.3 Å². The van der Waals surface area contributed by atoms with Crippen LogP contribution in [0.25, 0.3) is 32.2 Å². The Hall–Kier alpha value is -4.34. The molecule has 3 aromatic carbocycles. The monoisotopic (exact) mass is 558 g/mol. The largest absolute Gasteiger partial charge is 0.497 e. The van der Waals surface area contributed by atoms with E-state index in [4.69, 9.17) is 23.9 Å². The number of hydrogen-bond donors (Lipinski definition) is 2. The van der Waals surface area contributed by atoms with Crippen molar-refractivity contribution < 1.29 is 28.8 Å². The maximum Gasteiger partial charge on any atom is 0.254 e. The van der Waals surface area contributed by atoms with Crippen LogP contribution in [0.1, 0.15) is 22.8 Å². The van der Waals surface area contributed by atoms with Crippen molar-refractivity contribution in [2.75, 3.05) is 28.4 Å². The van der Waals surface area contributed by atoms with E-state index in [0.717, 1.165) is 15.6 Å². The summed E-state index contributed by atoms with van der Waals surface area (Å²) in [4.78, 5) is 18.6. The lowest BCUT2D eigenvalue weighted by molar-refractivity contribution is 0.0237. The quantitative estimate of drug-likeness (QED) is 0.220. The smallest absolute Gasteiger partial charge is 0.254 e. The Morgan fingerprint density at radius 1 is 0.925 bits per heavy atom. The first kappa shape index (κ1) is 27.2. The van der Waals surface area contributed by atoms with Gasteiger partial charge in [-0.25, -0.2) is 4.98 Å². The summed E-state index contributed by atoms with van der Waals surface area (Å²) < 4.78 is 23.0. The second kappa shape index (κ2) is 11.0. The Morgan fingerprint density at radius 2 is 1.65 bits per heavy atom. The zero-order valence-corrected chi connectivity index (χ0v) is 23.7. The normalized spacial score (nSPS) is 12.7. The molecule has 8 nitrogen and oxygen atoms in total. The van der Waals surface area contributed by atoms with Gasteiger partial charge in [0.05, 0.1) is 45.2 Å². The number of aliphatic hydroxyl groups is 1. The molecule has 40 heavy (non-hydrogen) atoms. The number of benzene rings is 3. The van der Waals surface area contributed by atoms with Gasteiger partial charge in [-0.15, -0.1) is 11.3 Å². The summed E-state index contributed by atoms with van der Waals surface area (Å²) in [5.41, 5.74) is 1.56. The van der Waals surface area contributed by atoms with Crippen molar-refractivity contribution in [1.29, 1.82) is 0 Å². The number of amides is 1. The van der Waals surface area contributed by atoms with Gasteiger partial charge in [-0.2, -0.15) is 0 Å². The van der Waals surface area contributed by atoms with Crippen molar-refractivity contribution in [3.63, 3.8) is 0 Å². The molecule has 0 spiro atoms. The standard InChI is InChI=1S/C31H30N2O6S/c1-31(35,16-19-17-40-28-9-7-6-8-21(19)28)33-30(34)23-15-25(32-24-11-10-20(36-2)14-22(23)24)18-12-26(37-3)29(39-5)27(13-18)38-4/h6-15,17,35H,16H2,1-5H3,(H,33,34)/t31-/m1/s1. The van der Waals surface area contributed by atoms with E-state index in [0.29, 0.717) is 50.7 Å². The topological polar surface area (TPSA) is 99.1 Å². The number of fused-ring (bicyclic) bond motifs is 2. The van der Waals surface area contributed by atoms with Crippen LogP contribution in [0.4, 0.5) is 0 Å². The summed E-state index contributed by atoms with van der Waals surface area (Å²) >= 11 is 1.61. The third-order valence-corrected chi connectivity index (χ3v) is 7.71. The Kier molecular flexibility index (Phi) is 7.51. The van der Waals surface area contributed by atoms with E-state index >= 15 is 0 Å². The summed E-state index contributed by atoms with van der Waals surface area (Å²) in [5, 5.41) is 17.8. The fourth-order valence-electron chi connectivity index (χ4n) is 4.79. The minimum atomic E-state index is -1.51. The molecule has 0 radical (unpaired) electrons. The van der Waals surface area contributed by atoms with E-state index < -0.39 is 11.6 Å². The van der Waals surface area contributed by atoms with Crippen molar-refractivity contribution in [3.8, 4) is 34.3 Å². The van der Waals surface area contributed by atoms with E-state index in [1.165, 1.54) is 7.11 Å². The summed E-state index contributed by atoms with van der Waals surface area (Å²) in [6.45, 7) is 1.60. The molecule has 0 fully saturated rings. The lowest BCUT2D eigenvalue weighted by atomic mass is 10.0. The number of thiophene rings is 1. The first-order valence-corrected chi connectivity index (χ1v) is 13.4. The number of hydrogen-bond acceptors (Lipinski definition) is 8. The summed E-state index contributed by atoms with van der Waals surface area (Å²) in [7, 11) is 6.18. The van der Waals surface area contributed by atoms with E-state index in [-0.39, 0.29) is 6.42 Å². The zero-order chi connectivity index (χ0) is 28.4. The molecule has 1 atom stereocenters. The molecule has 2 N–H and O–H groups in total. The Morgan fingerprint density at radius 3 is 2.33 bits per heavy atom. The molecule has 5 aromatic rings. The van der Waals surface area contributed by atoms with Gasteiger partial charge >= 0.3 is 0 Å². The molecular formula is C31H30N2O6S. The van der Waals surface area contributed by atoms with E-state index in [1.807, 2.05) is 29.6 Å². The fraction of sp³-hybridized carbons (Fsp3) is 0.226. The average molecular weight is 559 g/mol. The third kappa shape index (κ3) is 5.25. The average Bonchev–Trinajstić information content (AvgIpc) is 3.36. The maximum atomic E-state index is 13.8. The third-order valence-electron chi connectivity index (χ3n) is 6.70. The van der Waals surface area contributed by atoms with Crippen molar-refractivity contribution in [2.45, 2.75) is 19.1 Å². The number of ether oxygens (including phenoxy) is 4. The molecular weight excluding hydrogens is 528 g/mol. The first-order chi connectivity index (χ1) is 19.3. The number of rotatable bonds is 9. The second-order valence-electron chi connectivity index (χ2n) is 9.51. The van der Waals surface area contributed by atoms with Crippen LogP contribution in [-0.4, -0.2) is 50.2 Å². The van der Waals surface area contributed by atoms with Gasteiger partial charge < -0.3 is 29.4 Å². The fourth-order valence-corrected chi connectivity index (χ4v) is 5.76. The summed E-state index contributed by atoms with van der Waals surface area (Å²) in [6, 6.07) is 18.6. The van der Waals surface area contributed by atoms with Crippen molar-refractivity contribution in [2.24, 2.45) is 0 Å². The molecule has 1 amide bonds. The summed E-state index contributed by atoms with van der Waals surface area (Å²) in [6.07, 6.45) is 0.245. The second-order valence-corrected chi connectivity index (χ2v) is 10.4. The van der Waals surface area contributed by atoms with Gasteiger partial charge in [-0.05, 0) is 65.7 Å². The Labute approximate surface area is 236 Å². The van der Waals surface area contributed by atoms with Gasteiger partial charge in [0, 0.05) is 22.1 Å². The molecule has 0 saturated heterocycles. The van der Waals surface area contributed by atoms with Crippen LogP contribution in [0, 0.1) is 0 Å². The molecule has 0 unspecified atom stereocenters. The van der Waals surface area contributed by atoms with Gasteiger partial charge in [0.2, 0.25) is 5.75 Å². The van der Waals surface area contributed by atoms with Crippen LogP contribution in [-0.2, 0) is 6.42 Å². The molecule has 0 aliphatic heterocycles. The number of pyridine rings is 1. The number of carbonyl (C=O) groups excluding carboxylic acids is 1. The van der Waals surface area contributed by atoms with Crippen LogP contribution in [0.5, 0.6) is 23.0 Å². The van der Waals surface area contributed by atoms with Crippen molar-refractivity contribution >= 4 is 38.2 Å². The minimum absolute atomic E-state index is 0.245. The van der Waals surface area contributed by atoms with Gasteiger partial charge in [-0.3, -0.25) is 4.79 Å². The molecule has 0 aliphatic rings. The van der Waals surface area contributed by atoms with Crippen LogP contribution in [0.3, 0.4) is 0 Å². The number of aromatic nitrogens is 1. The molecule has 5 rings (SSSR count). The molecule has 206 valence electrons. The maximum absolute atomic E-state index is 13.8. The predicted molar refractivity (Wildman–Crippen MR) is 157 cm³/mol. The Balaban J connectivity index is 1.57. The Bertz CT molecular complexity index is 1690. The van der Waals surface area contributed by atoms with Crippen molar-refractivity contribution in [1.82, 2.24) is 10.3 Å². The minimum Gasteiger partial charge on any atom is -0.497 e. The predicted octanol–water partition coefficient (Wildman–Crippen LogP) is 5.83. The molecule has 2 heterocycles. The van der Waals surface area contributed by atoms with Gasteiger partial charge in [0.15, 0.2) is 11.5 Å². The summed E-state index contributed by atoms with van der Waals surface area (Å²) in [5.74, 6) is 1.52. The van der Waals surface area contributed by atoms with E-state index in [2.05, 4.69) is 5.32 Å². The first-order valence-electron chi connectivity index (χ1n) is 12.6. The molecule has 9 heteroatoms. The highest BCUT2D eigenvalue weighted by Crippen LogP contribution is 2.41. The molecule has 0 bridgehead atoms. The van der Waals surface area contributed by atoms with Crippen LogP contribution in [0.2, 0.25) is 0 Å². The number of nitrogens with one attached hydrogen (secondary N) is 1. The van der Waals surface area contributed by atoms with Gasteiger partial charge in [0.25, 0.3) is 5.91 Å². The molecule has 0 aliphatic carbocycles. The van der Waals surface area contributed by atoms with E-state index in [9.17, 15) is 9.90 Å². The van der Waals surface area contributed by atoms with Gasteiger partial charge in [-0.1, -0.05) is 18.2 Å². The lowest BCUT2D eigenvalue weighted by Gasteiger charge is -2.25. The van der Waals surface area contributed by atoms with Crippen LogP contribution in [0.15, 0.2) is 66.0 Å². The number of methoxy groups -OCH3 is 4. The van der Waals surface area contributed by atoms with Crippen molar-refractivity contribution in [3.05, 3.63) is 77.2 Å². The SMILES string of the molecule is COc1ccc2nc(-c3cc(OC)c(OC)c(OC)c3)cc(C(=O)N[C@](C)(O)Cc3csc4ccccc34)c2c1.